The number of carbonyl (C=O) groups is 1. The molecule has 1 aromatic carbocycles. The van der Waals surface area contributed by atoms with Gasteiger partial charge in [-0.3, -0.25) is 9.78 Å². The number of hydrogen-bond acceptors (Lipinski definition) is 3. The maximum absolute atomic E-state index is 13.5. The number of aromatic nitrogens is 1. The Morgan fingerprint density at radius 2 is 2.21 bits per heavy atom. The van der Waals surface area contributed by atoms with Crippen LogP contribution in [0.1, 0.15) is 21.6 Å². The number of amides is 1. The molecule has 0 saturated heterocycles. The second kappa shape index (κ2) is 5.84. The molecule has 0 atom stereocenters. The number of thiol groups is 1. The van der Waals surface area contributed by atoms with E-state index >= 15 is 0 Å². The van der Waals surface area contributed by atoms with Crippen LogP contribution in [0.3, 0.4) is 0 Å². The fourth-order valence-electron chi connectivity index (χ4n) is 1.65. The van der Waals surface area contributed by atoms with E-state index in [4.69, 9.17) is 0 Å². The largest absolute Gasteiger partial charge is 0.346 e. The van der Waals surface area contributed by atoms with E-state index in [9.17, 15) is 9.18 Å². The first kappa shape index (κ1) is 13.5. The van der Waals surface area contributed by atoms with Crippen LogP contribution in [-0.2, 0) is 6.54 Å². The van der Waals surface area contributed by atoms with Crippen LogP contribution in [0.15, 0.2) is 41.4 Å². The van der Waals surface area contributed by atoms with Crippen molar-refractivity contribution in [2.75, 3.05) is 0 Å². The first-order chi connectivity index (χ1) is 9.08. The summed E-state index contributed by atoms with van der Waals surface area (Å²) in [6, 6.07) is 7.86. The molecule has 0 saturated carbocycles. The lowest BCUT2D eigenvalue weighted by Gasteiger charge is -2.08. The smallest absolute Gasteiger partial charge is 0.254 e. The summed E-state index contributed by atoms with van der Waals surface area (Å²) in [5.74, 6) is -1.04. The Morgan fingerprint density at radius 3 is 2.95 bits per heavy atom. The Morgan fingerprint density at radius 1 is 1.42 bits per heavy atom. The van der Waals surface area contributed by atoms with Gasteiger partial charge in [-0.05, 0) is 36.8 Å². The van der Waals surface area contributed by atoms with Gasteiger partial charge in [0.25, 0.3) is 5.91 Å². The topological polar surface area (TPSA) is 42.0 Å². The number of nitrogens with zero attached hydrogens (tertiary/aromatic N) is 1. The zero-order valence-corrected chi connectivity index (χ0v) is 11.2. The number of hydrogen-bond donors (Lipinski definition) is 2. The van der Waals surface area contributed by atoms with Crippen LogP contribution in [0.2, 0.25) is 0 Å². The zero-order valence-electron chi connectivity index (χ0n) is 10.4. The highest BCUT2D eigenvalue weighted by molar-refractivity contribution is 7.80. The van der Waals surface area contributed by atoms with Gasteiger partial charge < -0.3 is 5.32 Å². The summed E-state index contributed by atoms with van der Waals surface area (Å²) in [6.45, 7) is 2.17. The minimum atomic E-state index is -0.562. The molecule has 0 aliphatic rings. The highest BCUT2D eigenvalue weighted by Crippen LogP contribution is 2.13. The quantitative estimate of drug-likeness (QED) is 0.846. The van der Waals surface area contributed by atoms with Crippen molar-refractivity contribution in [2.24, 2.45) is 0 Å². The van der Waals surface area contributed by atoms with Crippen molar-refractivity contribution < 1.29 is 9.18 Å². The van der Waals surface area contributed by atoms with Crippen LogP contribution >= 0.6 is 12.6 Å². The highest BCUT2D eigenvalue weighted by Gasteiger charge is 2.12. The summed E-state index contributed by atoms with van der Waals surface area (Å²) >= 11 is 4.09. The lowest BCUT2D eigenvalue weighted by Crippen LogP contribution is -2.24. The summed E-state index contributed by atoms with van der Waals surface area (Å²) in [4.78, 5) is 16.6. The van der Waals surface area contributed by atoms with Gasteiger partial charge in [0.05, 0.1) is 17.8 Å². The monoisotopic (exact) mass is 276 g/mol. The van der Waals surface area contributed by atoms with Gasteiger partial charge in [0.15, 0.2) is 0 Å². The van der Waals surface area contributed by atoms with Crippen molar-refractivity contribution in [3.63, 3.8) is 0 Å². The molecule has 0 aliphatic heterocycles. The van der Waals surface area contributed by atoms with Crippen LogP contribution in [0.5, 0.6) is 0 Å². The SMILES string of the molecule is Cc1cccnc1CNC(=O)c1cc(S)ccc1F. The zero-order chi connectivity index (χ0) is 13.8. The normalized spacial score (nSPS) is 10.3. The summed E-state index contributed by atoms with van der Waals surface area (Å²) in [5, 5.41) is 2.65. The molecule has 19 heavy (non-hydrogen) atoms. The number of halogens is 1. The highest BCUT2D eigenvalue weighted by atomic mass is 32.1. The molecule has 0 fully saturated rings. The van der Waals surface area contributed by atoms with E-state index in [-0.39, 0.29) is 12.1 Å². The maximum atomic E-state index is 13.5. The number of benzene rings is 1. The van der Waals surface area contributed by atoms with E-state index in [1.54, 1.807) is 6.20 Å². The third kappa shape index (κ3) is 3.32. The minimum Gasteiger partial charge on any atom is -0.346 e. The molecule has 1 heterocycles. The first-order valence-corrected chi connectivity index (χ1v) is 6.20. The Labute approximate surface area is 116 Å². The van der Waals surface area contributed by atoms with Crippen molar-refractivity contribution in [2.45, 2.75) is 18.4 Å². The predicted octanol–water partition coefficient (Wildman–Crippen LogP) is 2.75. The average Bonchev–Trinajstić information content (AvgIpc) is 2.40. The Kier molecular flexibility index (Phi) is 4.16. The predicted molar refractivity (Wildman–Crippen MR) is 73.8 cm³/mol. The van der Waals surface area contributed by atoms with E-state index in [0.29, 0.717) is 4.90 Å². The van der Waals surface area contributed by atoms with Crippen molar-refractivity contribution >= 4 is 18.5 Å². The summed E-state index contributed by atoms with van der Waals surface area (Å²) < 4.78 is 13.5. The third-order valence-electron chi connectivity index (χ3n) is 2.73. The number of carbonyl (C=O) groups excluding carboxylic acids is 1. The van der Waals surface area contributed by atoms with E-state index in [1.807, 2.05) is 19.1 Å². The Bertz CT molecular complexity index is 616. The average molecular weight is 276 g/mol. The van der Waals surface area contributed by atoms with Gasteiger partial charge in [-0.15, -0.1) is 12.6 Å². The molecule has 98 valence electrons. The molecule has 2 rings (SSSR count). The number of aryl methyl sites for hydroxylation is 1. The van der Waals surface area contributed by atoms with Crippen LogP contribution in [0, 0.1) is 12.7 Å². The van der Waals surface area contributed by atoms with Crippen LogP contribution < -0.4 is 5.32 Å². The van der Waals surface area contributed by atoms with E-state index in [2.05, 4.69) is 22.9 Å². The fraction of sp³-hybridized carbons (Fsp3) is 0.143. The molecule has 2 aromatic rings. The fourth-order valence-corrected chi connectivity index (χ4v) is 1.85. The van der Waals surface area contributed by atoms with E-state index in [1.165, 1.54) is 18.2 Å². The van der Waals surface area contributed by atoms with E-state index in [0.717, 1.165) is 11.3 Å². The summed E-state index contributed by atoms with van der Waals surface area (Å²) in [5.41, 5.74) is 1.73. The number of pyridine rings is 1. The molecule has 0 radical (unpaired) electrons. The minimum absolute atomic E-state index is 0.0129. The molecule has 0 unspecified atom stereocenters. The van der Waals surface area contributed by atoms with Crippen molar-refractivity contribution in [1.29, 1.82) is 0 Å². The van der Waals surface area contributed by atoms with Gasteiger partial charge in [0.2, 0.25) is 0 Å². The molecule has 1 amide bonds. The molecule has 1 N–H and O–H groups in total. The Hall–Kier alpha value is -1.88. The van der Waals surface area contributed by atoms with Gasteiger partial charge in [-0.25, -0.2) is 4.39 Å². The third-order valence-corrected chi connectivity index (χ3v) is 3.01. The maximum Gasteiger partial charge on any atom is 0.254 e. The Balaban J connectivity index is 2.10. The van der Waals surface area contributed by atoms with Crippen molar-refractivity contribution in [3.8, 4) is 0 Å². The molecule has 1 aromatic heterocycles. The van der Waals surface area contributed by atoms with Crippen LogP contribution in [0.25, 0.3) is 0 Å². The summed E-state index contributed by atoms with van der Waals surface area (Å²) in [6.07, 6.45) is 1.66. The summed E-state index contributed by atoms with van der Waals surface area (Å²) in [7, 11) is 0. The molecule has 0 bridgehead atoms. The van der Waals surface area contributed by atoms with Crippen LogP contribution in [0.4, 0.5) is 4.39 Å². The molecular weight excluding hydrogens is 263 g/mol. The van der Waals surface area contributed by atoms with Gasteiger partial charge in [-0.1, -0.05) is 6.07 Å². The van der Waals surface area contributed by atoms with Gasteiger partial charge in [0, 0.05) is 11.1 Å². The molecular formula is C14H13FN2OS. The molecule has 3 nitrogen and oxygen atoms in total. The second-order valence-electron chi connectivity index (χ2n) is 4.11. The lowest BCUT2D eigenvalue weighted by atomic mass is 10.2. The number of rotatable bonds is 3. The van der Waals surface area contributed by atoms with Crippen molar-refractivity contribution in [3.05, 3.63) is 59.2 Å². The van der Waals surface area contributed by atoms with Gasteiger partial charge in [-0.2, -0.15) is 0 Å². The molecule has 0 spiro atoms. The molecule has 0 aliphatic carbocycles. The first-order valence-electron chi connectivity index (χ1n) is 5.75. The van der Waals surface area contributed by atoms with Gasteiger partial charge >= 0.3 is 0 Å². The van der Waals surface area contributed by atoms with Crippen LogP contribution in [-0.4, -0.2) is 10.9 Å². The standard InChI is InChI=1S/C14H13FN2OS/c1-9-3-2-6-16-13(9)8-17-14(18)11-7-10(19)4-5-12(11)15/h2-7,19H,8H2,1H3,(H,17,18). The van der Waals surface area contributed by atoms with E-state index < -0.39 is 11.7 Å². The lowest BCUT2D eigenvalue weighted by molar-refractivity contribution is 0.0946. The second-order valence-corrected chi connectivity index (χ2v) is 4.63. The molecule has 5 heteroatoms. The van der Waals surface area contributed by atoms with Gasteiger partial charge in [0.1, 0.15) is 5.82 Å². The van der Waals surface area contributed by atoms with Crippen molar-refractivity contribution in [1.82, 2.24) is 10.3 Å². The number of nitrogens with one attached hydrogen (secondary N) is 1.